The van der Waals surface area contributed by atoms with Crippen LogP contribution in [-0.2, 0) is 11.0 Å². The van der Waals surface area contributed by atoms with Crippen LogP contribution in [0.25, 0.3) is 0 Å². The monoisotopic (exact) mass is 314 g/mol. The molecule has 1 aliphatic rings. The highest BCUT2D eigenvalue weighted by Crippen LogP contribution is 2.37. The van der Waals surface area contributed by atoms with Gasteiger partial charge in [0, 0.05) is 12.5 Å². The summed E-state index contributed by atoms with van der Waals surface area (Å²) in [5, 5.41) is 0. The van der Waals surface area contributed by atoms with Gasteiger partial charge >= 0.3 is 6.18 Å². The van der Waals surface area contributed by atoms with Crippen LogP contribution in [0.2, 0.25) is 0 Å². The molecule has 3 nitrogen and oxygen atoms in total. The van der Waals surface area contributed by atoms with Crippen molar-refractivity contribution < 1.29 is 18.0 Å². The highest BCUT2D eigenvalue weighted by atomic mass is 19.4. The molecule has 1 aliphatic carbocycles. The van der Waals surface area contributed by atoms with Crippen LogP contribution in [0.15, 0.2) is 24.3 Å². The average Bonchev–Trinajstić information content (AvgIpc) is 3.29. The van der Waals surface area contributed by atoms with Crippen molar-refractivity contribution in [3.05, 3.63) is 35.4 Å². The smallest absolute Gasteiger partial charge is 0.333 e. The van der Waals surface area contributed by atoms with E-state index in [1.165, 1.54) is 6.07 Å². The number of carbonyl (C=O) groups is 1. The Morgan fingerprint density at radius 2 is 2.09 bits per heavy atom. The molecule has 0 spiro atoms. The second kappa shape index (κ2) is 6.69. The molecule has 1 aromatic rings. The lowest BCUT2D eigenvalue weighted by Crippen LogP contribution is -2.35. The quantitative estimate of drug-likeness (QED) is 0.873. The minimum absolute atomic E-state index is 0.0298. The first-order valence-corrected chi connectivity index (χ1v) is 7.53. The third-order valence-electron chi connectivity index (χ3n) is 3.94. The summed E-state index contributed by atoms with van der Waals surface area (Å²) in [6.07, 6.45) is -1.60. The maximum absolute atomic E-state index is 12.8. The van der Waals surface area contributed by atoms with Crippen LogP contribution >= 0.6 is 0 Å². The molecule has 6 heteroatoms. The van der Waals surface area contributed by atoms with Gasteiger partial charge in [-0.05, 0) is 50.4 Å². The third kappa shape index (κ3) is 4.00. The summed E-state index contributed by atoms with van der Waals surface area (Å²) >= 11 is 0. The van der Waals surface area contributed by atoms with E-state index < -0.39 is 11.7 Å². The second-order valence-electron chi connectivity index (χ2n) is 5.72. The van der Waals surface area contributed by atoms with Gasteiger partial charge in [0.15, 0.2) is 0 Å². The van der Waals surface area contributed by atoms with Crippen LogP contribution in [0.4, 0.5) is 13.2 Å². The molecule has 0 radical (unpaired) electrons. The molecule has 1 atom stereocenters. The number of alkyl halides is 3. The number of halogens is 3. The van der Waals surface area contributed by atoms with Gasteiger partial charge in [-0.1, -0.05) is 12.1 Å². The van der Waals surface area contributed by atoms with Crippen molar-refractivity contribution in [2.24, 2.45) is 5.73 Å². The standard InChI is InChI=1S/C16H21F3N2O/c1-11(12-4-2-5-13(10-12)16(17,18)19)21(14-7-8-14)15(22)6-3-9-20/h2,4-5,10-11,14H,3,6-9,20H2,1H3. The summed E-state index contributed by atoms with van der Waals surface area (Å²) in [5.41, 5.74) is 5.27. The SMILES string of the molecule is CC(c1cccc(C(F)(F)F)c1)N(C(=O)CCCN)C1CC1. The Bertz CT molecular complexity index is 526. The Morgan fingerprint density at radius 1 is 1.41 bits per heavy atom. The van der Waals surface area contributed by atoms with Gasteiger partial charge < -0.3 is 10.6 Å². The Balaban J connectivity index is 2.20. The third-order valence-corrected chi connectivity index (χ3v) is 3.94. The molecule has 2 N–H and O–H groups in total. The van der Waals surface area contributed by atoms with Crippen LogP contribution in [0, 0.1) is 0 Å². The Kier molecular flexibility index (Phi) is 5.11. The molecular formula is C16H21F3N2O. The average molecular weight is 314 g/mol. The Morgan fingerprint density at radius 3 is 2.64 bits per heavy atom. The number of hydrogen-bond acceptors (Lipinski definition) is 2. The topological polar surface area (TPSA) is 46.3 Å². The molecule has 1 fully saturated rings. The van der Waals surface area contributed by atoms with Crippen molar-refractivity contribution in [2.45, 2.75) is 50.9 Å². The zero-order chi connectivity index (χ0) is 16.3. The molecule has 0 aromatic heterocycles. The number of nitrogens with zero attached hydrogens (tertiary/aromatic N) is 1. The Labute approximate surface area is 128 Å². The predicted octanol–water partition coefficient (Wildman–Crippen LogP) is 3.50. The fraction of sp³-hybridized carbons (Fsp3) is 0.562. The fourth-order valence-electron chi connectivity index (χ4n) is 2.61. The van der Waals surface area contributed by atoms with Crippen molar-refractivity contribution in [3.8, 4) is 0 Å². The normalized spacial score (nSPS) is 16.4. The highest BCUT2D eigenvalue weighted by molar-refractivity contribution is 5.77. The molecular weight excluding hydrogens is 293 g/mol. The molecule has 22 heavy (non-hydrogen) atoms. The van der Waals surface area contributed by atoms with Gasteiger partial charge in [-0.15, -0.1) is 0 Å². The lowest BCUT2D eigenvalue weighted by atomic mass is 10.0. The van der Waals surface area contributed by atoms with E-state index in [0.717, 1.165) is 25.0 Å². The van der Waals surface area contributed by atoms with E-state index in [0.29, 0.717) is 24.9 Å². The first-order chi connectivity index (χ1) is 10.3. The van der Waals surface area contributed by atoms with E-state index >= 15 is 0 Å². The maximum atomic E-state index is 12.8. The number of amides is 1. The molecule has 0 saturated heterocycles. The predicted molar refractivity (Wildman–Crippen MR) is 78.0 cm³/mol. The van der Waals surface area contributed by atoms with Crippen LogP contribution in [-0.4, -0.2) is 23.4 Å². The minimum Gasteiger partial charge on any atom is -0.333 e. The van der Waals surface area contributed by atoms with E-state index in [1.54, 1.807) is 17.9 Å². The zero-order valence-corrected chi connectivity index (χ0v) is 12.6. The number of hydrogen-bond donors (Lipinski definition) is 1. The second-order valence-corrected chi connectivity index (χ2v) is 5.72. The molecule has 0 heterocycles. The van der Waals surface area contributed by atoms with Crippen LogP contribution < -0.4 is 5.73 Å². The van der Waals surface area contributed by atoms with Crippen molar-refractivity contribution >= 4 is 5.91 Å². The van der Waals surface area contributed by atoms with E-state index in [9.17, 15) is 18.0 Å². The van der Waals surface area contributed by atoms with E-state index in [2.05, 4.69) is 0 Å². The van der Waals surface area contributed by atoms with Gasteiger partial charge in [0.1, 0.15) is 0 Å². The first-order valence-electron chi connectivity index (χ1n) is 7.53. The van der Waals surface area contributed by atoms with Gasteiger partial charge in [0.05, 0.1) is 11.6 Å². The lowest BCUT2D eigenvalue weighted by molar-refractivity contribution is -0.137. The summed E-state index contributed by atoms with van der Waals surface area (Å²) in [4.78, 5) is 14.1. The van der Waals surface area contributed by atoms with Gasteiger partial charge in [0.2, 0.25) is 5.91 Å². The first kappa shape index (κ1) is 16.8. The largest absolute Gasteiger partial charge is 0.416 e. The van der Waals surface area contributed by atoms with Crippen molar-refractivity contribution in [3.63, 3.8) is 0 Å². The number of nitrogens with two attached hydrogens (primary N) is 1. The fourth-order valence-corrected chi connectivity index (χ4v) is 2.61. The molecule has 0 aliphatic heterocycles. The van der Waals surface area contributed by atoms with E-state index in [-0.39, 0.29) is 18.0 Å². The number of benzene rings is 1. The number of rotatable bonds is 6. The van der Waals surface area contributed by atoms with E-state index in [1.807, 2.05) is 0 Å². The van der Waals surface area contributed by atoms with Gasteiger partial charge in [-0.3, -0.25) is 4.79 Å². The van der Waals surface area contributed by atoms with Crippen LogP contribution in [0.3, 0.4) is 0 Å². The minimum atomic E-state index is -4.37. The number of carbonyl (C=O) groups excluding carboxylic acids is 1. The zero-order valence-electron chi connectivity index (χ0n) is 12.6. The molecule has 2 rings (SSSR count). The summed E-state index contributed by atoms with van der Waals surface area (Å²) in [7, 11) is 0. The van der Waals surface area contributed by atoms with Crippen molar-refractivity contribution in [1.29, 1.82) is 0 Å². The Hall–Kier alpha value is -1.56. The molecule has 1 aromatic carbocycles. The lowest BCUT2D eigenvalue weighted by Gasteiger charge is -2.30. The molecule has 1 amide bonds. The molecule has 0 bridgehead atoms. The summed E-state index contributed by atoms with van der Waals surface area (Å²) < 4.78 is 38.5. The highest BCUT2D eigenvalue weighted by Gasteiger charge is 2.37. The summed E-state index contributed by atoms with van der Waals surface area (Å²) in [5.74, 6) is -0.0298. The molecule has 1 saturated carbocycles. The van der Waals surface area contributed by atoms with Gasteiger partial charge in [0.25, 0.3) is 0 Å². The van der Waals surface area contributed by atoms with Crippen molar-refractivity contribution in [1.82, 2.24) is 4.90 Å². The van der Waals surface area contributed by atoms with Crippen molar-refractivity contribution in [2.75, 3.05) is 6.54 Å². The molecule has 122 valence electrons. The summed E-state index contributed by atoms with van der Waals surface area (Å²) in [6.45, 7) is 2.22. The van der Waals surface area contributed by atoms with Gasteiger partial charge in [-0.2, -0.15) is 13.2 Å². The van der Waals surface area contributed by atoms with Gasteiger partial charge in [-0.25, -0.2) is 0 Å². The van der Waals surface area contributed by atoms with E-state index in [4.69, 9.17) is 5.73 Å². The molecule has 1 unspecified atom stereocenters. The summed E-state index contributed by atoms with van der Waals surface area (Å²) in [6, 6.07) is 5.01. The van der Waals surface area contributed by atoms with Crippen LogP contribution in [0.5, 0.6) is 0 Å². The maximum Gasteiger partial charge on any atom is 0.416 e. The van der Waals surface area contributed by atoms with Crippen LogP contribution in [0.1, 0.15) is 49.8 Å².